The molecule has 0 aromatic heterocycles. The number of carbonyl (C=O) groups is 2. The maximum Gasteiger partial charge on any atom is 0.339 e. The van der Waals surface area contributed by atoms with Gasteiger partial charge in [0.25, 0.3) is 5.91 Å². The molecule has 1 aliphatic rings. The molecule has 2 N–H and O–H groups in total. The molecule has 1 amide bonds. The van der Waals surface area contributed by atoms with Gasteiger partial charge in [-0.05, 0) is 31.5 Å². The fourth-order valence-electron chi connectivity index (χ4n) is 1.75. The third-order valence-electron chi connectivity index (χ3n) is 2.76. The van der Waals surface area contributed by atoms with E-state index in [0.717, 1.165) is 0 Å². The maximum absolute atomic E-state index is 11.5. The number of benzene rings is 1. The lowest BCUT2D eigenvalue weighted by Gasteiger charge is -2.24. The minimum atomic E-state index is -1.37. The predicted molar refractivity (Wildman–Crippen MR) is 66.8 cm³/mol. The number of carbonyl (C=O) groups excluding carboxylic acids is 2. The highest BCUT2D eigenvalue weighted by Crippen LogP contribution is 2.32. The van der Waals surface area contributed by atoms with Crippen LogP contribution in [0.1, 0.15) is 25.5 Å². The van der Waals surface area contributed by atoms with Gasteiger partial charge in [0.15, 0.2) is 12.2 Å². The second-order valence-corrected chi connectivity index (χ2v) is 4.16. The van der Waals surface area contributed by atoms with E-state index in [1.165, 1.54) is 6.07 Å². The van der Waals surface area contributed by atoms with Crippen molar-refractivity contribution in [3.63, 3.8) is 0 Å². The van der Waals surface area contributed by atoms with E-state index in [1.807, 2.05) is 0 Å². The van der Waals surface area contributed by atoms with Crippen molar-refractivity contribution in [2.45, 2.75) is 26.1 Å². The monoisotopic (exact) mass is 265 g/mol. The van der Waals surface area contributed by atoms with E-state index in [-0.39, 0.29) is 12.5 Å². The third-order valence-corrected chi connectivity index (χ3v) is 2.76. The van der Waals surface area contributed by atoms with Gasteiger partial charge in [-0.1, -0.05) is 6.07 Å². The lowest BCUT2D eigenvalue weighted by Crippen LogP contribution is -2.34. The van der Waals surface area contributed by atoms with Crippen LogP contribution in [0.2, 0.25) is 0 Å². The van der Waals surface area contributed by atoms with Crippen molar-refractivity contribution in [2.75, 3.05) is 11.9 Å². The number of anilines is 1. The van der Waals surface area contributed by atoms with Gasteiger partial charge in [0.2, 0.25) is 0 Å². The summed E-state index contributed by atoms with van der Waals surface area (Å²) in [4.78, 5) is 22.9. The van der Waals surface area contributed by atoms with Gasteiger partial charge < -0.3 is 19.9 Å². The smallest absolute Gasteiger partial charge is 0.339 e. The molecule has 0 saturated heterocycles. The summed E-state index contributed by atoms with van der Waals surface area (Å²) in [5.41, 5.74) is 0.777. The molecule has 0 spiro atoms. The topological polar surface area (TPSA) is 84.9 Å². The number of hydrogen-bond acceptors (Lipinski definition) is 5. The molecule has 2 unspecified atom stereocenters. The summed E-state index contributed by atoms with van der Waals surface area (Å²) in [6, 6.07) is 4.66. The Bertz CT molecular complexity index is 514. The molecule has 0 radical (unpaired) electrons. The number of ether oxygens (including phenoxy) is 2. The summed E-state index contributed by atoms with van der Waals surface area (Å²) in [5.74, 6) is -0.485. The van der Waals surface area contributed by atoms with Crippen molar-refractivity contribution in [1.82, 2.24) is 0 Å². The van der Waals surface area contributed by atoms with Gasteiger partial charge in [-0.2, -0.15) is 0 Å². The minimum Gasteiger partial charge on any atom is -0.479 e. The fourth-order valence-corrected chi connectivity index (χ4v) is 1.75. The zero-order chi connectivity index (χ0) is 14.0. The van der Waals surface area contributed by atoms with Crippen LogP contribution in [-0.4, -0.2) is 29.7 Å². The molecule has 0 fully saturated rings. The first-order valence-corrected chi connectivity index (χ1v) is 5.99. The summed E-state index contributed by atoms with van der Waals surface area (Å²) in [5, 5.41) is 12.5. The Hall–Kier alpha value is -2.08. The zero-order valence-electron chi connectivity index (χ0n) is 10.7. The van der Waals surface area contributed by atoms with Crippen LogP contribution >= 0.6 is 0 Å². The molecule has 102 valence electrons. The Morgan fingerprint density at radius 3 is 3.00 bits per heavy atom. The summed E-state index contributed by atoms with van der Waals surface area (Å²) < 4.78 is 10.1. The number of aliphatic hydroxyl groups is 1. The second-order valence-electron chi connectivity index (χ2n) is 4.16. The normalized spacial score (nSPS) is 18.9. The molecule has 1 aromatic carbocycles. The molecule has 1 aromatic rings. The number of rotatable bonds is 3. The molecule has 6 heteroatoms. The van der Waals surface area contributed by atoms with Gasteiger partial charge in [0.1, 0.15) is 5.75 Å². The van der Waals surface area contributed by atoms with Crippen LogP contribution in [0.3, 0.4) is 0 Å². The first-order valence-electron chi connectivity index (χ1n) is 5.99. The molecular weight excluding hydrogens is 250 g/mol. The highest BCUT2D eigenvalue weighted by molar-refractivity contribution is 5.97. The van der Waals surface area contributed by atoms with Crippen molar-refractivity contribution in [3.8, 4) is 5.75 Å². The Morgan fingerprint density at radius 2 is 2.32 bits per heavy atom. The summed E-state index contributed by atoms with van der Waals surface area (Å²) in [7, 11) is 0. The first-order chi connectivity index (χ1) is 9.02. The predicted octanol–water partition coefficient (Wildman–Crippen LogP) is 1.00. The molecule has 1 aliphatic heterocycles. The Labute approximate surface area is 110 Å². The average molecular weight is 265 g/mol. The van der Waals surface area contributed by atoms with Gasteiger partial charge >= 0.3 is 5.97 Å². The SMILES string of the molecule is CCOC(=O)C(O)c1ccc2c(c1)NC(=O)C(C)O2. The molecule has 0 bridgehead atoms. The molecular formula is C13H15NO5. The first kappa shape index (κ1) is 13.4. The fraction of sp³-hybridized carbons (Fsp3) is 0.385. The molecule has 6 nitrogen and oxygen atoms in total. The zero-order valence-corrected chi connectivity index (χ0v) is 10.7. The van der Waals surface area contributed by atoms with Crippen molar-refractivity contribution >= 4 is 17.6 Å². The molecule has 1 heterocycles. The van der Waals surface area contributed by atoms with Gasteiger partial charge in [0, 0.05) is 0 Å². The van der Waals surface area contributed by atoms with Crippen LogP contribution in [0, 0.1) is 0 Å². The lowest BCUT2D eigenvalue weighted by molar-refractivity contribution is -0.153. The van der Waals surface area contributed by atoms with E-state index >= 15 is 0 Å². The lowest BCUT2D eigenvalue weighted by atomic mass is 10.1. The average Bonchev–Trinajstić information content (AvgIpc) is 2.39. The maximum atomic E-state index is 11.5. The van der Waals surface area contributed by atoms with Crippen molar-refractivity contribution in [1.29, 1.82) is 0 Å². The summed E-state index contributed by atoms with van der Waals surface area (Å²) in [6.45, 7) is 3.49. The van der Waals surface area contributed by atoms with Crippen LogP contribution in [-0.2, 0) is 14.3 Å². The Kier molecular flexibility index (Phi) is 3.71. The van der Waals surface area contributed by atoms with Crippen molar-refractivity contribution in [2.24, 2.45) is 0 Å². The van der Waals surface area contributed by atoms with E-state index in [9.17, 15) is 14.7 Å². The number of nitrogens with one attached hydrogen (secondary N) is 1. The molecule has 19 heavy (non-hydrogen) atoms. The highest BCUT2D eigenvalue weighted by Gasteiger charge is 2.26. The molecule has 0 aliphatic carbocycles. The number of fused-ring (bicyclic) bond motifs is 1. The molecule has 2 rings (SSSR count). The van der Waals surface area contributed by atoms with E-state index in [4.69, 9.17) is 9.47 Å². The van der Waals surface area contributed by atoms with Gasteiger partial charge in [-0.3, -0.25) is 4.79 Å². The number of esters is 1. The van der Waals surface area contributed by atoms with Gasteiger partial charge in [-0.25, -0.2) is 4.79 Å². The van der Waals surface area contributed by atoms with E-state index in [1.54, 1.807) is 26.0 Å². The highest BCUT2D eigenvalue weighted by atomic mass is 16.5. The van der Waals surface area contributed by atoms with Crippen LogP contribution in [0.25, 0.3) is 0 Å². The van der Waals surface area contributed by atoms with E-state index in [0.29, 0.717) is 17.0 Å². The largest absolute Gasteiger partial charge is 0.479 e. The van der Waals surface area contributed by atoms with Crippen molar-refractivity contribution in [3.05, 3.63) is 23.8 Å². The summed E-state index contributed by atoms with van der Waals surface area (Å²) in [6.07, 6.45) is -1.94. The number of aliphatic hydroxyl groups excluding tert-OH is 1. The molecule has 2 atom stereocenters. The van der Waals surface area contributed by atoms with Crippen LogP contribution in [0.5, 0.6) is 5.75 Å². The van der Waals surface area contributed by atoms with Gasteiger partial charge in [0.05, 0.1) is 12.3 Å². The van der Waals surface area contributed by atoms with Crippen LogP contribution < -0.4 is 10.1 Å². The number of amides is 1. The standard InChI is InChI=1S/C13H15NO5/c1-3-18-13(17)11(15)8-4-5-10-9(6-8)14-12(16)7(2)19-10/h4-7,11,15H,3H2,1-2H3,(H,14,16). The number of hydrogen-bond donors (Lipinski definition) is 2. The quantitative estimate of drug-likeness (QED) is 0.796. The van der Waals surface area contributed by atoms with Crippen molar-refractivity contribution < 1.29 is 24.2 Å². The van der Waals surface area contributed by atoms with Gasteiger partial charge in [-0.15, -0.1) is 0 Å². The third kappa shape index (κ3) is 2.68. The molecule has 0 saturated carbocycles. The Morgan fingerprint density at radius 1 is 1.58 bits per heavy atom. The second kappa shape index (κ2) is 5.27. The van der Waals surface area contributed by atoms with Crippen LogP contribution in [0.4, 0.5) is 5.69 Å². The van der Waals surface area contributed by atoms with E-state index in [2.05, 4.69) is 5.32 Å². The van der Waals surface area contributed by atoms with Crippen LogP contribution in [0.15, 0.2) is 18.2 Å². The summed E-state index contributed by atoms with van der Waals surface area (Å²) >= 11 is 0. The van der Waals surface area contributed by atoms with E-state index < -0.39 is 18.2 Å². The Balaban J connectivity index is 2.24. The minimum absolute atomic E-state index is 0.193.